The number of amides is 1. The average molecular weight is 310 g/mol. The van der Waals surface area contributed by atoms with Crippen molar-refractivity contribution in [2.45, 2.75) is 32.1 Å². The molecule has 0 radical (unpaired) electrons. The van der Waals surface area contributed by atoms with Crippen LogP contribution in [0.15, 0.2) is 42.5 Å². The molecule has 0 spiro atoms. The molecule has 122 valence electrons. The zero-order chi connectivity index (χ0) is 15.9. The third kappa shape index (κ3) is 4.55. The van der Waals surface area contributed by atoms with E-state index in [9.17, 15) is 4.79 Å². The fourth-order valence-electron chi connectivity index (χ4n) is 3.38. The molecule has 1 saturated heterocycles. The van der Waals surface area contributed by atoms with Crippen LogP contribution in [0.4, 0.5) is 0 Å². The summed E-state index contributed by atoms with van der Waals surface area (Å²) in [4.78, 5) is 14.7. The second-order valence-electron chi connectivity index (χ2n) is 6.42. The number of unbranched alkanes of at least 4 members (excludes halogenated alkanes) is 1. The first-order chi connectivity index (χ1) is 11.3. The molecule has 1 aliphatic rings. The van der Waals surface area contributed by atoms with Crippen LogP contribution in [0.3, 0.4) is 0 Å². The summed E-state index contributed by atoms with van der Waals surface area (Å²) in [6.07, 6.45) is 5.41. The maximum absolute atomic E-state index is 12.2. The number of carbonyl (C=O) groups excluding carboxylic acids is 1. The van der Waals surface area contributed by atoms with Crippen molar-refractivity contribution in [2.24, 2.45) is 0 Å². The second-order valence-corrected chi connectivity index (χ2v) is 6.42. The molecule has 0 atom stereocenters. The van der Waals surface area contributed by atoms with Gasteiger partial charge in [-0.15, -0.1) is 0 Å². The fraction of sp³-hybridized carbons (Fsp3) is 0.450. The van der Waals surface area contributed by atoms with Crippen LogP contribution in [-0.2, 0) is 11.2 Å². The van der Waals surface area contributed by atoms with Gasteiger partial charge in [0.2, 0.25) is 5.91 Å². The average Bonchev–Trinajstić information content (AvgIpc) is 3.08. The number of likely N-dealkylation sites (tertiary alicyclic amines) is 1. The van der Waals surface area contributed by atoms with E-state index in [-0.39, 0.29) is 5.91 Å². The molecule has 1 N–H and O–H groups in total. The first-order valence-electron chi connectivity index (χ1n) is 8.78. The third-order valence-corrected chi connectivity index (χ3v) is 4.65. The highest BCUT2D eigenvalue weighted by atomic mass is 16.1. The molecule has 1 fully saturated rings. The first-order valence-corrected chi connectivity index (χ1v) is 8.78. The Morgan fingerprint density at radius 2 is 1.78 bits per heavy atom. The number of nitrogens with one attached hydrogen (secondary N) is 1. The van der Waals surface area contributed by atoms with Gasteiger partial charge >= 0.3 is 0 Å². The molecular formula is C20H26N2O. The smallest absolute Gasteiger partial charge is 0.224 e. The van der Waals surface area contributed by atoms with E-state index in [4.69, 9.17) is 0 Å². The van der Waals surface area contributed by atoms with Crippen molar-refractivity contribution in [1.82, 2.24) is 10.2 Å². The lowest BCUT2D eigenvalue weighted by Crippen LogP contribution is -2.27. The van der Waals surface area contributed by atoms with Crippen LogP contribution in [0.2, 0.25) is 0 Å². The summed E-state index contributed by atoms with van der Waals surface area (Å²) in [6, 6.07) is 14.4. The summed E-state index contributed by atoms with van der Waals surface area (Å²) in [6.45, 7) is 4.48. The van der Waals surface area contributed by atoms with Crippen LogP contribution in [0.5, 0.6) is 0 Å². The Balaban J connectivity index is 1.42. The molecule has 0 aliphatic carbocycles. The molecule has 23 heavy (non-hydrogen) atoms. The van der Waals surface area contributed by atoms with E-state index in [1.807, 2.05) is 18.2 Å². The van der Waals surface area contributed by atoms with Gasteiger partial charge in [0.25, 0.3) is 0 Å². The highest BCUT2D eigenvalue weighted by molar-refractivity contribution is 5.90. The number of hydrogen-bond acceptors (Lipinski definition) is 2. The monoisotopic (exact) mass is 310 g/mol. The molecule has 3 nitrogen and oxygen atoms in total. The lowest BCUT2D eigenvalue weighted by atomic mass is 10.0. The highest BCUT2D eigenvalue weighted by Gasteiger charge is 2.10. The van der Waals surface area contributed by atoms with Crippen molar-refractivity contribution in [2.75, 3.05) is 26.2 Å². The summed E-state index contributed by atoms with van der Waals surface area (Å²) in [5.41, 5.74) is 1.11. The van der Waals surface area contributed by atoms with Crippen molar-refractivity contribution in [3.8, 4) is 0 Å². The summed E-state index contributed by atoms with van der Waals surface area (Å²) < 4.78 is 0. The molecule has 1 aliphatic heterocycles. The van der Waals surface area contributed by atoms with Crippen LogP contribution in [0.1, 0.15) is 31.2 Å². The maximum atomic E-state index is 12.2. The van der Waals surface area contributed by atoms with Gasteiger partial charge in [-0.3, -0.25) is 4.79 Å². The minimum Gasteiger partial charge on any atom is -0.356 e. The molecule has 2 aromatic rings. The summed E-state index contributed by atoms with van der Waals surface area (Å²) >= 11 is 0. The SMILES string of the molecule is O=C(Cc1cccc2ccccc12)NCCCCN1CCCC1. The van der Waals surface area contributed by atoms with Crippen LogP contribution in [0.25, 0.3) is 10.8 Å². The van der Waals surface area contributed by atoms with Crippen molar-refractivity contribution >= 4 is 16.7 Å². The fourth-order valence-corrected chi connectivity index (χ4v) is 3.38. The van der Waals surface area contributed by atoms with Crippen LogP contribution >= 0.6 is 0 Å². The molecule has 0 saturated carbocycles. The second kappa shape index (κ2) is 8.11. The summed E-state index contributed by atoms with van der Waals surface area (Å²) in [7, 11) is 0. The lowest BCUT2D eigenvalue weighted by molar-refractivity contribution is -0.120. The van der Waals surface area contributed by atoms with Gasteiger partial charge in [-0.05, 0) is 61.7 Å². The van der Waals surface area contributed by atoms with Gasteiger partial charge < -0.3 is 10.2 Å². The van der Waals surface area contributed by atoms with Crippen LogP contribution < -0.4 is 5.32 Å². The Bertz CT molecular complexity index is 642. The number of benzene rings is 2. The molecule has 2 aromatic carbocycles. The van der Waals surface area contributed by atoms with Crippen molar-refractivity contribution in [1.29, 1.82) is 0 Å². The van der Waals surface area contributed by atoms with Crippen LogP contribution in [0, 0.1) is 0 Å². The van der Waals surface area contributed by atoms with Gasteiger partial charge in [0.15, 0.2) is 0 Å². The van der Waals surface area contributed by atoms with Crippen molar-refractivity contribution in [3.05, 3.63) is 48.0 Å². The predicted molar refractivity (Wildman–Crippen MR) is 95.6 cm³/mol. The van der Waals surface area contributed by atoms with Gasteiger partial charge in [0.1, 0.15) is 0 Å². The number of carbonyl (C=O) groups is 1. The van der Waals surface area contributed by atoms with Crippen molar-refractivity contribution < 1.29 is 4.79 Å². The zero-order valence-corrected chi connectivity index (χ0v) is 13.8. The van der Waals surface area contributed by atoms with E-state index in [2.05, 4.69) is 34.5 Å². The Morgan fingerprint density at radius 1 is 1.00 bits per heavy atom. The van der Waals surface area contributed by atoms with Crippen LogP contribution in [-0.4, -0.2) is 37.0 Å². The Hall–Kier alpha value is -1.87. The molecule has 3 rings (SSSR count). The third-order valence-electron chi connectivity index (χ3n) is 4.65. The van der Waals surface area contributed by atoms with E-state index in [1.54, 1.807) is 0 Å². The van der Waals surface area contributed by atoms with E-state index in [0.29, 0.717) is 6.42 Å². The Morgan fingerprint density at radius 3 is 2.65 bits per heavy atom. The predicted octanol–water partition coefficient (Wildman–Crippen LogP) is 3.37. The lowest BCUT2D eigenvalue weighted by Gasteiger charge is -2.14. The molecule has 3 heteroatoms. The first kappa shape index (κ1) is 16.0. The van der Waals surface area contributed by atoms with Crippen molar-refractivity contribution in [3.63, 3.8) is 0 Å². The topological polar surface area (TPSA) is 32.3 Å². The van der Waals surface area contributed by atoms with Gasteiger partial charge in [0, 0.05) is 6.54 Å². The summed E-state index contributed by atoms with van der Waals surface area (Å²) in [5, 5.41) is 5.44. The number of fused-ring (bicyclic) bond motifs is 1. The number of rotatable bonds is 7. The zero-order valence-electron chi connectivity index (χ0n) is 13.8. The van der Waals surface area contributed by atoms with Gasteiger partial charge in [-0.2, -0.15) is 0 Å². The summed E-state index contributed by atoms with van der Waals surface area (Å²) in [5.74, 6) is 0.127. The minimum absolute atomic E-state index is 0.127. The normalized spacial score (nSPS) is 15.1. The molecule has 0 aromatic heterocycles. The van der Waals surface area contributed by atoms with E-state index >= 15 is 0 Å². The maximum Gasteiger partial charge on any atom is 0.224 e. The van der Waals surface area contributed by atoms with Gasteiger partial charge in [-0.25, -0.2) is 0 Å². The van der Waals surface area contributed by atoms with E-state index in [1.165, 1.54) is 49.7 Å². The van der Waals surface area contributed by atoms with Gasteiger partial charge in [0.05, 0.1) is 6.42 Å². The Kier molecular flexibility index (Phi) is 5.65. The minimum atomic E-state index is 0.127. The molecule has 0 bridgehead atoms. The van der Waals surface area contributed by atoms with E-state index in [0.717, 1.165) is 18.5 Å². The number of hydrogen-bond donors (Lipinski definition) is 1. The molecule has 1 amide bonds. The number of nitrogens with zero attached hydrogens (tertiary/aromatic N) is 1. The van der Waals surface area contributed by atoms with Gasteiger partial charge in [-0.1, -0.05) is 42.5 Å². The highest BCUT2D eigenvalue weighted by Crippen LogP contribution is 2.18. The largest absolute Gasteiger partial charge is 0.356 e. The molecular weight excluding hydrogens is 284 g/mol. The standard InChI is InChI=1S/C20H26N2O/c23-20(21-12-3-4-13-22-14-5-6-15-22)16-18-10-7-9-17-8-1-2-11-19(17)18/h1-2,7-11H,3-6,12-16H2,(H,21,23). The quantitative estimate of drug-likeness (QED) is 0.795. The molecule has 1 heterocycles. The molecule has 0 unspecified atom stereocenters. The van der Waals surface area contributed by atoms with E-state index < -0.39 is 0 Å². The Labute approximate surface area is 138 Å².